The van der Waals surface area contributed by atoms with Gasteiger partial charge in [0.05, 0.1) is 38.6 Å². The molecule has 3 aromatic rings. The monoisotopic (exact) mass is 521 g/mol. The zero-order valence-electron chi connectivity index (χ0n) is 20.4. The molecule has 0 aliphatic heterocycles. The molecule has 2 aromatic carbocycles. The highest BCUT2D eigenvalue weighted by atomic mass is 19.4. The molecule has 0 atom stereocenters. The van der Waals surface area contributed by atoms with Crippen LogP contribution in [0.5, 0.6) is 11.5 Å². The molecule has 9 nitrogen and oxygen atoms in total. The lowest BCUT2D eigenvalue weighted by atomic mass is 10.1. The van der Waals surface area contributed by atoms with Crippen LogP contribution in [0.25, 0.3) is 5.69 Å². The fourth-order valence-electron chi connectivity index (χ4n) is 3.61. The molecule has 198 valence electrons. The molecule has 12 heteroatoms. The summed E-state index contributed by atoms with van der Waals surface area (Å²) in [6, 6.07) is 9.03. The van der Waals surface area contributed by atoms with E-state index >= 15 is 0 Å². The standard InChI is InChI=1S/C25H26F3N3O6/c1-35-12-11-30-15-19(22(32)29-10-9-16-7-8-20(36-2)21(13-16)37-3)23(33)31(24(30)34)18-6-4-5-17(14-18)25(26,27)28/h4-8,13-15H,9-12H2,1-3H3,(H,29,32). The fourth-order valence-corrected chi connectivity index (χ4v) is 3.61. The van der Waals surface area contributed by atoms with Crippen LogP contribution in [-0.4, -0.2) is 49.5 Å². The van der Waals surface area contributed by atoms with Gasteiger partial charge in [0, 0.05) is 19.9 Å². The van der Waals surface area contributed by atoms with Gasteiger partial charge in [0.25, 0.3) is 11.5 Å². The second-order valence-electron chi connectivity index (χ2n) is 7.90. The summed E-state index contributed by atoms with van der Waals surface area (Å²) in [5.41, 5.74) is -2.87. The first-order valence-corrected chi connectivity index (χ1v) is 11.1. The Morgan fingerprint density at radius 2 is 1.73 bits per heavy atom. The topological polar surface area (TPSA) is 101 Å². The van der Waals surface area contributed by atoms with Crippen molar-refractivity contribution in [1.82, 2.24) is 14.5 Å². The second kappa shape index (κ2) is 11.8. The SMILES string of the molecule is COCCn1cc(C(=O)NCCc2ccc(OC)c(OC)c2)c(=O)n(-c2cccc(C(F)(F)F)c2)c1=O. The summed E-state index contributed by atoms with van der Waals surface area (Å²) in [5.74, 6) is 0.279. The van der Waals surface area contributed by atoms with E-state index in [0.29, 0.717) is 28.6 Å². The van der Waals surface area contributed by atoms with Gasteiger partial charge in [0.15, 0.2) is 11.5 Å². The summed E-state index contributed by atoms with van der Waals surface area (Å²) >= 11 is 0. The fraction of sp³-hybridized carbons (Fsp3) is 0.320. The number of methoxy groups -OCH3 is 3. The number of nitrogens with one attached hydrogen (secondary N) is 1. The van der Waals surface area contributed by atoms with Crippen LogP contribution in [0.15, 0.2) is 58.3 Å². The van der Waals surface area contributed by atoms with E-state index in [1.807, 2.05) is 0 Å². The van der Waals surface area contributed by atoms with Crippen LogP contribution in [0.1, 0.15) is 21.5 Å². The van der Waals surface area contributed by atoms with E-state index in [2.05, 4.69) is 5.32 Å². The number of benzene rings is 2. The maximum absolute atomic E-state index is 13.2. The Morgan fingerprint density at radius 3 is 2.38 bits per heavy atom. The Bertz CT molecular complexity index is 1380. The van der Waals surface area contributed by atoms with Gasteiger partial charge in [-0.05, 0) is 42.3 Å². The second-order valence-corrected chi connectivity index (χ2v) is 7.90. The van der Waals surface area contributed by atoms with Gasteiger partial charge in [0.1, 0.15) is 5.56 Å². The number of hydrogen-bond acceptors (Lipinski definition) is 6. The number of alkyl halides is 3. The molecule has 0 fully saturated rings. The van der Waals surface area contributed by atoms with Gasteiger partial charge in [0.2, 0.25) is 0 Å². The first-order valence-electron chi connectivity index (χ1n) is 11.1. The molecule has 0 saturated heterocycles. The van der Waals surface area contributed by atoms with Crippen molar-refractivity contribution in [3.63, 3.8) is 0 Å². The minimum Gasteiger partial charge on any atom is -0.493 e. The highest BCUT2D eigenvalue weighted by molar-refractivity contribution is 5.93. The number of ether oxygens (including phenoxy) is 3. The molecule has 1 N–H and O–H groups in total. The lowest BCUT2D eigenvalue weighted by Crippen LogP contribution is -2.44. The summed E-state index contributed by atoms with van der Waals surface area (Å²) < 4.78 is 56.8. The molecule has 37 heavy (non-hydrogen) atoms. The summed E-state index contributed by atoms with van der Waals surface area (Å²) in [4.78, 5) is 39.1. The number of amides is 1. The number of nitrogens with zero attached hydrogens (tertiary/aromatic N) is 2. The first-order chi connectivity index (χ1) is 17.6. The van der Waals surface area contributed by atoms with Gasteiger partial charge in [-0.1, -0.05) is 12.1 Å². The summed E-state index contributed by atoms with van der Waals surface area (Å²) in [5, 5.41) is 2.62. The van der Waals surface area contributed by atoms with Crippen molar-refractivity contribution in [3.8, 4) is 17.2 Å². The Morgan fingerprint density at radius 1 is 1.00 bits per heavy atom. The van der Waals surface area contributed by atoms with Gasteiger partial charge in [-0.25, -0.2) is 9.36 Å². The molecule has 1 heterocycles. The predicted molar refractivity (Wildman–Crippen MR) is 129 cm³/mol. The van der Waals surface area contributed by atoms with Crippen molar-refractivity contribution in [2.24, 2.45) is 0 Å². The molecule has 0 aliphatic carbocycles. The Hall–Kier alpha value is -4.06. The average Bonchev–Trinajstić information content (AvgIpc) is 2.87. The first kappa shape index (κ1) is 27.5. The minimum absolute atomic E-state index is 0.0273. The molecule has 0 spiro atoms. The van der Waals surface area contributed by atoms with Gasteiger partial charge in [-0.3, -0.25) is 14.2 Å². The minimum atomic E-state index is -4.69. The number of rotatable bonds is 10. The molecule has 0 aliphatic rings. The molecule has 1 aromatic heterocycles. The quantitative estimate of drug-likeness (QED) is 0.440. The highest BCUT2D eigenvalue weighted by Crippen LogP contribution is 2.30. The third-order valence-corrected chi connectivity index (χ3v) is 5.52. The van der Waals surface area contributed by atoms with Crippen LogP contribution in [0.2, 0.25) is 0 Å². The van der Waals surface area contributed by atoms with Crippen LogP contribution in [0.3, 0.4) is 0 Å². The Balaban J connectivity index is 1.93. The largest absolute Gasteiger partial charge is 0.493 e. The zero-order valence-corrected chi connectivity index (χ0v) is 20.4. The number of hydrogen-bond donors (Lipinski definition) is 1. The van der Waals surface area contributed by atoms with Gasteiger partial charge in [-0.15, -0.1) is 0 Å². The van der Waals surface area contributed by atoms with Crippen LogP contribution in [0, 0.1) is 0 Å². The van der Waals surface area contributed by atoms with Crippen molar-refractivity contribution >= 4 is 5.91 Å². The summed E-state index contributed by atoms with van der Waals surface area (Å²) in [7, 11) is 4.41. The van der Waals surface area contributed by atoms with E-state index in [4.69, 9.17) is 14.2 Å². The van der Waals surface area contributed by atoms with Crippen LogP contribution >= 0.6 is 0 Å². The summed E-state index contributed by atoms with van der Waals surface area (Å²) in [6.07, 6.45) is -3.22. The van der Waals surface area contributed by atoms with E-state index in [0.717, 1.165) is 28.5 Å². The van der Waals surface area contributed by atoms with Crippen molar-refractivity contribution in [2.45, 2.75) is 19.1 Å². The van der Waals surface area contributed by atoms with E-state index in [1.165, 1.54) is 27.4 Å². The predicted octanol–water partition coefficient (Wildman–Crippen LogP) is 2.65. The van der Waals surface area contributed by atoms with Gasteiger partial charge >= 0.3 is 11.9 Å². The van der Waals surface area contributed by atoms with Crippen LogP contribution in [0.4, 0.5) is 13.2 Å². The Kier molecular flexibility index (Phi) is 8.77. The summed E-state index contributed by atoms with van der Waals surface area (Å²) in [6.45, 7) is 0.177. The van der Waals surface area contributed by atoms with Gasteiger partial charge < -0.3 is 19.5 Å². The third kappa shape index (κ3) is 6.39. The zero-order chi connectivity index (χ0) is 27.2. The molecule has 3 rings (SSSR count). The number of carbonyl (C=O) groups excluding carboxylic acids is 1. The molecule has 0 radical (unpaired) electrons. The van der Waals surface area contributed by atoms with Crippen molar-refractivity contribution in [1.29, 1.82) is 0 Å². The molecular weight excluding hydrogens is 495 g/mol. The maximum atomic E-state index is 13.2. The number of aromatic nitrogens is 2. The van der Waals surface area contributed by atoms with E-state index in [1.54, 1.807) is 18.2 Å². The van der Waals surface area contributed by atoms with Gasteiger partial charge in [-0.2, -0.15) is 13.2 Å². The van der Waals surface area contributed by atoms with E-state index < -0.39 is 34.5 Å². The molecular formula is C25H26F3N3O6. The normalized spacial score (nSPS) is 11.3. The molecule has 0 bridgehead atoms. The van der Waals surface area contributed by atoms with Crippen molar-refractivity contribution in [2.75, 3.05) is 34.5 Å². The Labute approximate surface area is 210 Å². The van der Waals surface area contributed by atoms with E-state index in [-0.39, 0.29) is 25.4 Å². The lowest BCUT2D eigenvalue weighted by Gasteiger charge is -2.14. The van der Waals surface area contributed by atoms with Crippen molar-refractivity contribution in [3.05, 3.63) is 86.2 Å². The molecule has 0 unspecified atom stereocenters. The molecule has 0 saturated carbocycles. The third-order valence-electron chi connectivity index (χ3n) is 5.52. The average molecular weight is 521 g/mol. The van der Waals surface area contributed by atoms with E-state index in [9.17, 15) is 27.6 Å². The number of carbonyl (C=O) groups is 1. The number of halogens is 3. The maximum Gasteiger partial charge on any atom is 0.416 e. The van der Waals surface area contributed by atoms with Crippen LogP contribution < -0.4 is 26.0 Å². The lowest BCUT2D eigenvalue weighted by molar-refractivity contribution is -0.137. The smallest absolute Gasteiger partial charge is 0.416 e. The van der Waals surface area contributed by atoms with Crippen LogP contribution in [-0.2, 0) is 23.9 Å². The van der Waals surface area contributed by atoms with Crippen molar-refractivity contribution < 1.29 is 32.2 Å². The highest BCUT2D eigenvalue weighted by Gasteiger charge is 2.31. The molecule has 1 amide bonds.